The van der Waals surface area contributed by atoms with Gasteiger partial charge in [-0.1, -0.05) is 18.6 Å². The monoisotopic (exact) mass is 388 g/mol. The molecule has 7 heteroatoms. The molecule has 6 nitrogen and oxygen atoms in total. The van der Waals surface area contributed by atoms with Crippen molar-refractivity contribution in [1.82, 2.24) is 4.31 Å². The molecule has 27 heavy (non-hydrogen) atoms. The number of sulfonamides is 1. The number of nitrogens with one attached hydrogen (secondary N) is 1. The lowest BCUT2D eigenvalue weighted by atomic mass is 10.2. The summed E-state index contributed by atoms with van der Waals surface area (Å²) in [5.41, 5.74) is 0.966. The van der Waals surface area contributed by atoms with Crippen LogP contribution in [-0.4, -0.2) is 38.3 Å². The average Bonchev–Trinajstić information content (AvgIpc) is 2.70. The number of hydrogen-bond donors (Lipinski definition) is 1. The van der Waals surface area contributed by atoms with Gasteiger partial charge in [0.1, 0.15) is 5.75 Å². The Kier molecular flexibility index (Phi) is 6.13. The molecule has 0 unspecified atom stereocenters. The first kappa shape index (κ1) is 19.4. The molecule has 0 aromatic heterocycles. The minimum absolute atomic E-state index is 0.218. The molecule has 0 aliphatic carbocycles. The van der Waals surface area contributed by atoms with Gasteiger partial charge in [0.25, 0.3) is 5.91 Å². The number of piperidine rings is 1. The summed E-state index contributed by atoms with van der Waals surface area (Å²) in [5, 5.41) is 2.81. The van der Waals surface area contributed by atoms with Gasteiger partial charge in [-0.15, -0.1) is 0 Å². The van der Waals surface area contributed by atoms with Gasteiger partial charge in [0.15, 0.2) is 0 Å². The maximum absolute atomic E-state index is 12.7. The van der Waals surface area contributed by atoms with Crippen molar-refractivity contribution in [2.24, 2.45) is 0 Å². The maximum Gasteiger partial charge on any atom is 0.255 e. The Balaban J connectivity index is 1.74. The van der Waals surface area contributed by atoms with E-state index in [1.54, 1.807) is 12.1 Å². The van der Waals surface area contributed by atoms with Crippen molar-refractivity contribution in [2.75, 3.05) is 25.0 Å². The fraction of sp³-hybridized carbons (Fsp3) is 0.350. The van der Waals surface area contributed by atoms with Crippen LogP contribution >= 0.6 is 0 Å². The lowest BCUT2D eigenvalue weighted by Crippen LogP contribution is -2.35. The summed E-state index contributed by atoms with van der Waals surface area (Å²) in [4.78, 5) is 12.7. The molecule has 1 aliphatic heterocycles. The van der Waals surface area contributed by atoms with Crippen LogP contribution in [0.1, 0.15) is 36.5 Å². The average molecular weight is 388 g/mol. The van der Waals surface area contributed by atoms with E-state index in [0.717, 1.165) is 19.3 Å². The molecule has 0 radical (unpaired) electrons. The second-order valence-corrected chi connectivity index (χ2v) is 8.31. The quantitative estimate of drug-likeness (QED) is 0.822. The second-order valence-electron chi connectivity index (χ2n) is 6.37. The number of ether oxygens (including phenoxy) is 1. The first-order valence-corrected chi connectivity index (χ1v) is 10.6. The van der Waals surface area contributed by atoms with Gasteiger partial charge in [-0.3, -0.25) is 4.79 Å². The Morgan fingerprint density at radius 3 is 2.37 bits per heavy atom. The zero-order valence-corrected chi connectivity index (χ0v) is 16.2. The molecule has 1 heterocycles. The Labute approximate surface area is 160 Å². The molecule has 0 bridgehead atoms. The largest absolute Gasteiger partial charge is 0.492 e. The standard InChI is InChI=1S/C20H24N2O4S/c1-2-26-19-9-5-4-8-18(19)21-20(23)16-10-12-17(13-11-16)27(24,25)22-14-6-3-7-15-22/h4-5,8-13H,2-3,6-7,14-15H2,1H3,(H,21,23). The minimum atomic E-state index is -3.50. The van der Waals surface area contributed by atoms with Gasteiger partial charge in [0.2, 0.25) is 10.0 Å². The molecule has 2 aromatic carbocycles. The van der Waals surface area contributed by atoms with E-state index in [1.807, 2.05) is 19.1 Å². The number of rotatable bonds is 6. The Bertz CT molecular complexity index is 888. The molecule has 1 N–H and O–H groups in total. The van der Waals surface area contributed by atoms with Crippen molar-refractivity contribution in [2.45, 2.75) is 31.1 Å². The van der Waals surface area contributed by atoms with Gasteiger partial charge in [-0.2, -0.15) is 4.31 Å². The second kappa shape index (κ2) is 8.54. The fourth-order valence-corrected chi connectivity index (χ4v) is 4.60. The molecule has 1 aliphatic rings. The fourth-order valence-electron chi connectivity index (χ4n) is 3.08. The third kappa shape index (κ3) is 4.48. The van der Waals surface area contributed by atoms with Crippen LogP contribution in [0.15, 0.2) is 53.4 Å². The van der Waals surface area contributed by atoms with E-state index in [0.29, 0.717) is 36.7 Å². The van der Waals surface area contributed by atoms with Gasteiger partial charge < -0.3 is 10.1 Å². The van der Waals surface area contributed by atoms with E-state index in [2.05, 4.69) is 5.32 Å². The third-order valence-electron chi connectivity index (χ3n) is 4.50. The van der Waals surface area contributed by atoms with Crippen LogP contribution in [0.4, 0.5) is 5.69 Å². The van der Waals surface area contributed by atoms with E-state index in [1.165, 1.54) is 28.6 Å². The van der Waals surface area contributed by atoms with E-state index >= 15 is 0 Å². The zero-order valence-electron chi connectivity index (χ0n) is 15.3. The van der Waals surface area contributed by atoms with Crippen LogP contribution in [0, 0.1) is 0 Å². The summed E-state index contributed by atoms with van der Waals surface area (Å²) in [6, 6.07) is 13.3. The van der Waals surface area contributed by atoms with Crippen LogP contribution < -0.4 is 10.1 Å². The highest BCUT2D eigenvalue weighted by molar-refractivity contribution is 7.89. The van der Waals surface area contributed by atoms with Crippen LogP contribution in [0.5, 0.6) is 5.75 Å². The maximum atomic E-state index is 12.7. The number of nitrogens with zero attached hydrogens (tertiary/aromatic N) is 1. The number of hydrogen-bond acceptors (Lipinski definition) is 4. The number of benzene rings is 2. The molecule has 1 amide bonds. The SMILES string of the molecule is CCOc1ccccc1NC(=O)c1ccc(S(=O)(=O)N2CCCCC2)cc1. The highest BCUT2D eigenvalue weighted by Gasteiger charge is 2.26. The van der Waals surface area contributed by atoms with Crippen molar-refractivity contribution in [1.29, 1.82) is 0 Å². The van der Waals surface area contributed by atoms with Crippen molar-refractivity contribution >= 4 is 21.6 Å². The Morgan fingerprint density at radius 1 is 1.04 bits per heavy atom. The van der Waals surface area contributed by atoms with E-state index < -0.39 is 10.0 Å². The van der Waals surface area contributed by atoms with E-state index in [-0.39, 0.29) is 10.8 Å². The van der Waals surface area contributed by atoms with Crippen molar-refractivity contribution in [3.63, 3.8) is 0 Å². The molecule has 3 rings (SSSR count). The highest BCUT2D eigenvalue weighted by Crippen LogP contribution is 2.25. The minimum Gasteiger partial charge on any atom is -0.492 e. The van der Waals surface area contributed by atoms with Crippen molar-refractivity contribution < 1.29 is 17.9 Å². The summed E-state index contributed by atoms with van der Waals surface area (Å²) >= 11 is 0. The van der Waals surface area contributed by atoms with Gasteiger partial charge in [0, 0.05) is 18.7 Å². The third-order valence-corrected chi connectivity index (χ3v) is 6.42. The number of carbonyl (C=O) groups is 1. The normalized spacial score (nSPS) is 15.3. The zero-order chi connectivity index (χ0) is 19.3. The Hall–Kier alpha value is -2.38. The van der Waals surface area contributed by atoms with E-state index in [9.17, 15) is 13.2 Å². The summed E-state index contributed by atoms with van der Waals surface area (Å²) in [6.45, 7) is 3.48. The van der Waals surface area contributed by atoms with Gasteiger partial charge >= 0.3 is 0 Å². The molecule has 144 valence electrons. The van der Waals surface area contributed by atoms with Gasteiger partial charge in [-0.05, 0) is 56.2 Å². The van der Waals surface area contributed by atoms with Crippen LogP contribution in [0.2, 0.25) is 0 Å². The number of amides is 1. The summed E-state index contributed by atoms with van der Waals surface area (Å²) in [7, 11) is -3.50. The topological polar surface area (TPSA) is 75.7 Å². The Morgan fingerprint density at radius 2 is 1.70 bits per heavy atom. The predicted molar refractivity (Wildman–Crippen MR) is 105 cm³/mol. The lowest BCUT2D eigenvalue weighted by Gasteiger charge is -2.25. The lowest BCUT2D eigenvalue weighted by molar-refractivity contribution is 0.102. The van der Waals surface area contributed by atoms with Gasteiger partial charge in [-0.25, -0.2) is 8.42 Å². The molecule has 0 spiro atoms. The number of para-hydroxylation sites is 2. The molecule has 2 aromatic rings. The number of carbonyl (C=O) groups excluding carboxylic acids is 1. The van der Waals surface area contributed by atoms with E-state index in [4.69, 9.17) is 4.74 Å². The molecule has 0 atom stereocenters. The summed E-state index contributed by atoms with van der Waals surface area (Å²) in [5.74, 6) is 0.279. The predicted octanol–water partition coefficient (Wildman–Crippen LogP) is 3.51. The van der Waals surface area contributed by atoms with Crippen LogP contribution in [0.25, 0.3) is 0 Å². The molecule has 0 saturated carbocycles. The van der Waals surface area contributed by atoms with Crippen molar-refractivity contribution in [3.8, 4) is 5.75 Å². The first-order valence-electron chi connectivity index (χ1n) is 9.16. The first-order chi connectivity index (χ1) is 13.0. The number of anilines is 1. The highest BCUT2D eigenvalue weighted by atomic mass is 32.2. The molecule has 1 saturated heterocycles. The summed E-state index contributed by atoms with van der Waals surface area (Å²) in [6.07, 6.45) is 2.84. The van der Waals surface area contributed by atoms with Crippen LogP contribution in [0.3, 0.4) is 0 Å². The van der Waals surface area contributed by atoms with Crippen molar-refractivity contribution in [3.05, 3.63) is 54.1 Å². The van der Waals surface area contributed by atoms with Crippen LogP contribution in [-0.2, 0) is 10.0 Å². The summed E-state index contributed by atoms with van der Waals surface area (Å²) < 4.78 is 32.4. The smallest absolute Gasteiger partial charge is 0.255 e. The molecule has 1 fully saturated rings. The van der Waals surface area contributed by atoms with Gasteiger partial charge in [0.05, 0.1) is 17.2 Å². The molecular weight excluding hydrogens is 364 g/mol. The molecular formula is C20H24N2O4S.